The van der Waals surface area contributed by atoms with Crippen molar-refractivity contribution in [3.63, 3.8) is 0 Å². The van der Waals surface area contributed by atoms with Crippen LogP contribution in [0, 0.1) is 0 Å². The van der Waals surface area contributed by atoms with Gasteiger partial charge in [0.2, 0.25) is 0 Å². The summed E-state index contributed by atoms with van der Waals surface area (Å²) >= 11 is 0. The molecule has 0 saturated heterocycles. The number of hydrogen-bond acceptors (Lipinski definition) is 3. The standard InChI is InChI=1S/C10H12O3/c1-6(2)9-8(12)4-3-7(5-11)10(9)13/h3-6,12-13H,1-2H3. The third kappa shape index (κ3) is 1.64. The predicted octanol–water partition coefficient (Wildman–Crippen LogP) is 2.03. The first-order chi connectivity index (χ1) is 6.07. The van der Waals surface area contributed by atoms with Gasteiger partial charge in [-0.1, -0.05) is 13.8 Å². The Labute approximate surface area is 76.6 Å². The van der Waals surface area contributed by atoms with Crippen molar-refractivity contribution in [3.05, 3.63) is 23.3 Å². The highest BCUT2D eigenvalue weighted by Gasteiger charge is 2.14. The van der Waals surface area contributed by atoms with E-state index in [9.17, 15) is 15.0 Å². The number of hydrogen-bond donors (Lipinski definition) is 2. The summed E-state index contributed by atoms with van der Waals surface area (Å²) in [6.45, 7) is 3.67. The molecule has 3 heteroatoms. The third-order valence-electron chi connectivity index (χ3n) is 1.93. The van der Waals surface area contributed by atoms with Crippen LogP contribution in [0.2, 0.25) is 0 Å². The summed E-state index contributed by atoms with van der Waals surface area (Å²) < 4.78 is 0. The second kappa shape index (κ2) is 3.47. The largest absolute Gasteiger partial charge is 0.508 e. The maximum absolute atomic E-state index is 10.5. The van der Waals surface area contributed by atoms with Crippen LogP contribution in [0.1, 0.15) is 35.7 Å². The van der Waals surface area contributed by atoms with E-state index in [0.717, 1.165) is 0 Å². The molecule has 1 aromatic carbocycles. The van der Waals surface area contributed by atoms with E-state index < -0.39 is 0 Å². The zero-order valence-corrected chi connectivity index (χ0v) is 7.61. The Morgan fingerprint density at radius 3 is 2.38 bits per heavy atom. The average molecular weight is 180 g/mol. The van der Waals surface area contributed by atoms with Crippen LogP contribution in [0.5, 0.6) is 11.5 Å². The molecule has 13 heavy (non-hydrogen) atoms. The highest BCUT2D eigenvalue weighted by atomic mass is 16.3. The number of aromatic hydroxyl groups is 2. The summed E-state index contributed by atoms with van der Waals surface area (Å²) in [5.41, 5.74) is 0.631. The number of aldehydes is 1. The highest BCUT2D eigenvalue weighted by Crippen LogP contribution is 2.35. The summed E-state index contributed by atoms with van der Waals surface area (Å²) in [4.78, 5) is 10.5. The zero-order valence-electron chi connectivity index (χ0n) is 7.61. The molecule has 0 spiro atoms. The van der Waals surface area contributed by atoms with Gasteiger partial charge in [-0.3, -0.25) is 4.79 Å². The Hall–Kier alpha value is -1.51. The molecule has 0 saturated carbocycles. The Bertz CT molecular complexity index is 329. The second-order valence-corrected chi connectivity index (χ2v) is 3.21. The van der Waals surface area contributed by atoms with Crippen LogP contribution < -0.4 is 0 Å². The SMILES string of the molecule is CC(C)c1c(O)ccc(C=O)c1O. The van der Waals surface area contributed by atoms with Crippen molar-refractivity contribution in [2.75, 3.05) is 0 Å². The smallest absolute Gasteiger partial charge is 0.153 e. The lowest BCUT2D eigenvalue weighted by Gasteiger charge is -2.11. The molecule has 0 aromatic heterocycles. The molecule has 1 rings (SSSR count). The van der Waals surface area contributed by atoms with Crippen LogP contribution >= 0.6 is 0 Å². The molecule has 0 aliphatic heterocycles. The van der Waals surface area contributed by atoms with Crippen molar-refractivity contribution >= 4 is 6.29 Å². The van der Waals surface area contributed by atoms with Gasteiger partial charge in [0.1, 0.15) is 11.5 Å². The fraction of sp³-hybridized carbons (Fsp3) is 0.300. The van der Waals surface area contributed by atoms with E-state index >= 15 is 0 Å². The Balaban J connectivity index is 3.38. The van der Waals surface area contributed by atoms with Crippen LogP contribution in [0.4, 0.5) is 0 Å². The van der Waals surface area contributed by atoms with Crippen LogP contribution in [0.3, 0.4) is 0 Å². The summed E-state index contributed by atoms with van der Waals surface area (Å²) in [6.07, 6.45) is 0.570. The van der Waals surface area contributed by atoms with E-state index in [1.807, 2.05) is 13.8 Å². The maximum Gasteiger partial charge on any atom is 0.153 e. The van der Waals surface area contributed by atoms with Crippen LogP contribution in [0.25, 0.3) is 0 Å². The molecule has 0 unspecified atom stereocenters. The van der Waals surface area contributed by atoms with Gasteiger partial charge >= 0.3 is 0 Å². The molecule has 0 aliphatic carbocycles. The summed E-state index contributed by atoms with van der Waals surface area (Å²) in [5, 5.41) is 19.0. The minimum Gasteiger partial charge on any atom is -0.508 e. The van der Waals surface area contributed by atoms with E-state index in [1.165, 1.54) is 12.1 Å². The first kappa shape index (κ1) is 9.58. The first-order valence-electron chi connectivity index (χ1n) is 4.08. The average Bonchev–Trinajstić information content (AvgIpc) is 2.04. The highest BCUT2D eigenvalue weighted by molar-refractivity contribution is 5.81. The first-order valence-corrected chi connectivity index (χ1v) is 4.08. The van der Waals surface area contributed by atoms with Gasteiger partial charge in [0.15, 0.2) is 6.29 Å². The predicted molar refractivity (Wildman–Crippen MR) is 49.2 cm³/mol. The molecule has 0 atom stereocenters. The lowest BCUT2D eigenvalue weighted by Crippen LogP contribution is -1.92. The molecule has 1 aromatic rings. The molecule has 0 amide bonds. The lowest BCUT2D eigenvalue weighted by atomic mass is 9.98. The maximum atomic E-state index is 10.5. The monoisotopic (exact) mass is 180 g/mol. The van der Waals surface area contributed by atoms with Crippen molar-refractivity contribution in [2.45, 2.75) is 19.8 Å². The Kier molecular flexibility index (Phi) is 2.56. The number of carbonyl (C=O) groups is 1. The second-order valence-electron chi connectivity index (χ2n) is 3.21. The van der Waals surface area contributed by atoms with Crippen molar-refractivity contribution in [3.8, 4) is 11.5 Å². The molecule has 0 heterocycles. The van der Waals surface area contributed by atoms with E-state index in [4.69, 9.17) is 0 Å². The zero-order chi connectivity index (χ0) is 10.0. The van der Waals surface area contributed by atoms with Gasteiger partial charge in [-0.2, -0.15) is 0 Å². The van der Waals surface area contributed by atoms with Crippen molar-refractivity contribution in [2.24, 2.45) is 0 Å². The molecule has 2 N–H and O–H groups in total. The van der Waals surface area contributed by atoms with Gasteiger partial charge in [0.25, 0.3) is 0 Å². The van der Waals surface area contributed by atoms with Crippen LogP contribution in [-0.2, 0) is 0 Å². The minimum absolute atomic E-state index is 0.0140. The number of benzene rings is 1. The van der Waals surface area contributed by atoms with E-state index in [-0.39, 0.29) is 23.0 Å². The fourth-order valence-electron chi connectivity index (χ4n) is 1.28. The molecule has 0 bridgehead atoms. The topological polar surface area (TPSA) is 57.5 Å². The van der Waals surface area contributed by atoms with Gasteiger partial charge in [0, 0.05) is 5.56 Å². The molecular weight excluding hydrogens is 168 g/mol. The Morgan fingerprint density at radius 1 is 1.31 bits per heavy atom. The van der Waals surface area contributed by atoms with Gasteiger partial charge in [-0.15, -0.1) is 0 Å². The fourth-order valence-corrected chi connectivity index (χ4v) is 1.28. The summed E-state index contributed by atoms with van der Waals surface area (Å²) in [5.74, 6) is -0.108. The van der Waals surface area contributed by atoms with E-state index in [1.54, 1.807) is 0 Å². The molecule has 70 valence electrons. The molecule has 0 aliphatic rings. The van der Waals surface area contributed by atoms with E-state index in [0.29, 0.717) is 11.8 Å². The van der Waals surface area contributed by atoms with Crippen LogP contribution in [-0.4, -0.2) is 16.5 Å². The van der Waals surface area contributed by atoms with Gasteiger partial charge < -0.3 is 10.2 Å². The Morgan fingerprint density at radius 2 is 1.92 bits per heavy atom. The van der Waals surface area contributed by atoms with Crippen molar-refractivity contribution in [1.82, 2.24) is 0 Å². The van der Waals surface area contributed by atoms with Gasteiger partial charge in [0.05, 0.1) is 5.56 Å². The molecule has 3 nitrogen and oxygen atoms in total. The number of rotatable bonds is 2. The third-order valence-corrected chi connectivity index (χ3v) is 1.93. The number of carbonyl (C=O) groups excluding carboxylic acids is 1. The summed E-state index contributed by atoms with van der Waals surface area (Å²) in [6, 6.07) is 2.81. The lowest BCUT2D eigenvalue weighted by molar-refractivity contribution is 0.112. The van der Waals surface area contributed by atoms with Crippen molar-refractivity contribution in [1.29, 1.82) is 0 Å². The van der Waals surface area contributed by atoms with Gasteiger partial charge in [-0.05, 0) is 18.1 Å². The molecular formula is C10H12O3. The normalized spacial score (nSPS) is 10.4. The van der Waals surface area contributed by atoms with E-state index in [2.05, 4.69) is 0 Å². The summed E-state index contributed by atoms with van der Waals surface area (Å²) in [7, 11) is 0. The molecule has 0 fully saturated rings. The van der Waals surface area contributed by atoms with Gasteiger partial charge in [-0.25, -0.2) is 0 Å². The number of phenolic OH excluding ortho intramolecular Hbond substituents is 2. The molecule has 0 radical (unpaired) electrons. The van der Waals surface area contributed by atoms with Crippen molar-refractivity contribution < 1.29 is 15.0 Å². The number of phenols is 2. The minimum atomic E-state index is -0.120. The quantitative estimate of drug-likeness (QED) is 0.684. The van der Waals surface area contributed by atoms with Crippen LogP contribution in [0.15, 0.2) is 12.1 Å².